The van der Waals surface area contributed by atoms with Crippen LogP contribution in [0.3, 0.4) is 0 Å². The van der Waals surface area contributed by atoms with Gasteiger partial charge in [-0.1, -0.05) is 12.1 Å². The lowest BCUT2D eigenvalue weighted by Crippen LogP contribution is -2.13. The Hall–Kier alpha value is -1.81. The molecule has 2 rings (SSSR count). The lowest BCUT2D eigenvalue weighted by molar-refractivity contribution is 0.102. The number of aryl methyl sites for hydroxylation is 1. The van der Waals surface area contributed by atoms with Gasteiger partial charge in [-0.3, -0.25) is 4.79 Å². The van der Waals surface area contributed by atoms with Crippen LogP contribution in [0.2, 0.25) is 0 Å². The van der Waals surface area contributed by atoms with Gasteiger partial charge in [0.1, 0.15) is 5.82 Å². The monoisotopic (exact) mass is 261 g/mol. The highest BCUT2D eigenvalue weighted by atomic mass is 32.1. The van der Waals surface area contributed by atoms with Gasteiger partial charge in [-0.15, -0.1) is 12.6 Å². The maximum absolute atomic E-state index is 13.0. The predicted molar refractivity (Wildman–Crippen MR) is 72.8 cm³/mol. The number of hydrogen-bond acceptors (Lipinski definition) is 2. The van der Waals surface area contributed by atoms with Crippen molar-refractivity contribution in [1.29, 1.82) is 0 Å². The molecule has 0 saturated heterocycles. The van der Waals surface area contributed by atoms with E-state index in [1.54, 1.807) is 18.2 Å². The Kier molecular flexibility index (Phi) is 3.67. The van der Waals surface area contributed by atoms with E-state index >= 15 is 0 Å². The van der Waals surface area contributed by atoms with Crippen LogP contribution in [0.15, 0.2) is 47.4 Å². The van der Waals surface area contributed by atoms with Crippen molar-refractivity contribution in [3.63, 3.8) is 0 Å². The second-order valence-corrected chi connectivity index (χ2v) is 4.48. The number of rotatable bonds is 2. The smallest absolute Gasteiger partial charge is 0.255 e. The summed E-state index contributed by atoms with van der Waals surface area (Å²) in [5.41, 5.74) is 1.82. The lowest BCUT2D eigenvalue weighted by Gasteiger charge is -2.08. The molecule has 0 spiro atoms. The third kappa shape index (κ3) is 2.90. The fourth-order valence-electron chi connectivity index (χ4n) is 1.62. The van der Waals surface area contributed by atoms with Crippen LogP contribution in [-0.2, 0) is 0 Å². The Bertz CT molecular complexity index is 598. The summed E-state index contributed by atoms with van der Waals surface area (Å²) in [6.45, 7) is 1.84. The number of halogens is 1. The largest absolute Gasteiger partial charge is 0.322 e. The summed E-state index contributed by atoms with van der Waals surface area (Å²) in [5, 5.41) is 2.65. The van der Waals surface area contributed by atoms with E-state index in [1.807, 2.05) is 19.1 Å². The molecule has 1 amide bonds. The van der Waals surface area contributed by atoms with Crippen LogP contribution in [0.25, 0.3) is 0 Å². The van der Waals surface area contributed by atoms with Gasteiger partial charge in [0.2, 0.25) is 0 Å². The fraction of sp³-hybridized carbons (Fsp3) is 0.0714. The van der Waals surface area contributed by atoms with Crippen molar-refractivity contribution in [3.05, 3.63) is 59.4 Å². The molecule has 0 saturated carbocycles. The molecule has 0 aliphatic heterocycles. The molecule has 0 fully saturated rings. The number of nitrogens with one attached hydrogen (secondary N) is 1. The zero-order chi connectivity index (χ0) is 13.1. The SMILES string of the molecule is Cc1ccc(S)cc1C(=O)Nc1cccc(F)c1. The number of carbonyl (C=O) groups is 1. The summed E-state index contributed by atoms with van der Waals surface area (Å²) in [6, 6.07) is 11.1. The molecule has 0 heterocycles. The molecular weight excluding hydrogens is 249 g/mol. The van der Waals surface area contributed by atoms with Gasteiger partial charge in [-0.2, -0.15) is 0 Å². The van der Waals surface area contributed by atoms with Crippen LogP contribution in [0.4, 0.5) is 10.1 Å². The summed E-state index contributed by atoms with van der Waals surface area (Å²) in [7, 11) is 0. The maximum atomic E-state index is 13.0. The van der Waals surface area contributed by atoms with E-state index in [2.05, 4.69) is 17.9 Å². The topological polar surface area (TPSA) is 29.1 Å². The second kappa shape index (κ2) is 5.23. The molecule has 0 aliphatic carbocycles. The molecule has 2 nitrogen and oxygen atoms in total. The highest BCUT2D eigenvalue weighted by Gasteiger charge is 2.09. The summed E-state index contributed by atoms with van der Waals surface area (Å²) < 4.78 is 13.0. The van der Waals surface area contributed by atoms with Gasteiger partial charge in [0.15, 0.2) is 0 Å². The van der Waals surface area contributed by atoms with Crippen LogP contribution in [0.5, 0.6) is 0 Å². The predicted octanol–water partition coefficient (Wildman–Crippen LogP) is 3.68. The minimum Gasteiger partial charge on any atom is -0.322 e. The Morgan fingerprint density at radius 3 is 2.72 bits per heavy atom. The highest BCUT2D eigenvalue weighted by Crippen LogP contribution is 2.16. The zero-order valence-corrected chi connectivity index (χ0v) is 10.7. The molecular formula is C14H12FNOS. The molecule has 0 radical (unpaired) electrons. The first-order chi connectivity index (χ1) is 8.56. The number of carbonyl (C=O) groups excluding carboxylic acids is 1. The molecule has 0 bridgehead atoms. The molecule has 1 N–H and O–H groups in total. The standard InChI is InChI=1S/C14H12FNOS/c1-9-5-6-12(18)8-13(9)14(17)16-11-4-2-3-10(15)7-11/h2-8,18H,1H3,(H,16,17). The highest BCUT2D eigenvalue weighted by molar-refractivity contribution is 7.80. The molecule has 0 aromatic heterocycles. The van der Waals surface area contributed by atoms with Crippen molar-refractivity contribution in [2.45, 2.75) is 11.8 Å². The summed E-state index contributed by atoms with van der Waals surface area (Å²) >= 11 is 4.20. The van der Waals surface area contributed by atoms with E-state index in [4.69, 9.17) is 0 Å². The van der Waals surface area contributed by atoms with Crippen LogP contribution in [0, 0.1) is 12.7 Å². The Morgan fingerprint density at radius 1 is 1.22 bits per heavy atom. The van der Waals surface area contributed by atoms with Crippen LogP contribution < -0.4 is 5.32 Å². The van der Waals surface area contributed by atoms with E-state index in [0.717, 1.165) is 5.56 Å². The first-order valence-electron chi connectivity index (χ1n) is 5.43. The number of amides is 1. The minimum absolute atomic E-state index is 0.269. The average molecular weight is 261 g/mol. The van der Waals surface area contributed by atoms with Gasteiger partial charge in [0, 0.05) is 16.1 Å². The van der Waals surface area contributed by atoms with Gasteiger partial charge in [-0.25, -0.2) is 4.39 Å². The van der Waals surface area contributed by atoms with Gasteiger partial charge in [0.25, 0.3) is 5.91 Å². The summed E-state index contributed by atoms with van der Waals surface area (Å²) in [5.74, 6) is -0.651. The molecule has 0 atom stereocenters. The maximum Gasteiger partial charge on any atom is 0.255 e. The molecule has 0 unspecified atom stereocenters. The normalized spacial score (nSPS) is 10.2. The Morgan fingerprint density at radius 2 is 2.00 bits per heavy atom. The van der Waals surface area contributed by atoms with Crippen molar-refractivity contribution in [3.8, 4) is 0 Å². The molecule has 0 aliphatic rings. The van der Waals surface area contributed by atoms with Gasteiger partial charge in [0.05, 0.1) is 0 Å². The Labute approximate surface area is 110 Å². The van der Waals surface area contributed by atoms with Gasteiger partial charge >= 0.3 is 0 Å². The summed E-state index contributed by atoms with van der Waals surface area (Å²) in [6.07, 6.45) is 0. The number of thiol groups is 1. The van der Waals surface area contributed by atoms with E-state index < -0.39 is 0 Å². The first-order valence-corrected chi connectivity index (χ1v) is 5.87. The summed E-state index contributed by atoms with van der Waals surface area (Å²) in [4.78, 5) is 12.7. The average Bonchev–Trinajstić information content (AvgIpc) is 2.32. The first kappa shape index (κ1) is 12.6. The van der Waals surface area contributed by atoms with Crippen molar-refractivity contribution < 1.29 is 9.18 Å². The van der Waals surface area contributed by atoms with E-state index in [-0.39, 0.29) is 11.7 Å². The van der Waals surface area contributed by atoms with Crippen molar-refractivity contribution >= 4 is 24.2 Å². The number of anilines is 1. The van der Waals surface area contributed by atoms with E-state index in [9.17, 15) is 9.18 Å². The van der Waals surface area contributed by atoms with Crippen molar-refractivity contribution in [2.75, 3.05) is 5.32 Å². The molecule has 4 heteroatoms. The third-order valence-electron chi connectivity index (χ3n) is 2.55. The van der Waals surface area contributed by atoms with Crippen LogP contribution >= 0.6 is 12.6 Å². The van der Waals surface area contributed by atoms with E-state index in [1.165, 1.54) is 12.1 Å². The third-order valence-corrected chi connectivity index (χ3v) is 2.83. The quantitative estimate of drug-likeness (QED) is 0.793. The Balaban J connectivity index is 2.24. The lowest BCUT2D eigenvalue weighted by atomic mass is 10.1. The van der Waals surface area contributed by atoms with Gasteiger partial charge < -0.3 is 5.32 Å². The zero-order valence-electron chi connectivity index (χ0n) is 9.77. The van der Waals surface area contributed by atoms with E-state index in [0.29, 0.717) is 16.1 Å². The number of hydrogen-bond donors (Lipinski definition) is 2. The fourth-order valence-corrected chi connectivity index (χ4v) is 1.82. The van der Waals surface area contributed by atoms with Crippen molar-refractivity contribution in [1.82, 2.24) is 0 Å². The van der Waals surface area contributed by atoms with Crippen LogP contribution in [-0.4, -0.2) is 5.91 Å². The second-order valence-electron chi connectivity index (χ2n) is 3.96. The molecule has 2 aromatic rings. The molecule has 2 aromatic carbocycles. The van der Waals surface area contributed by atoms with Crippen LogP contribution in [0.1, 0.15) is 15.9 Å². The number of benzene rings is 2. The van der Waals surface area contributed by atoms with Gasteiger partial charge in [-0.05, 0) is 42.8 Å². The van der Waals surface area contributed by atoms with Crippen molar-refractivity contribution in [2.24, 2.45) is 0 Å². The molecule has 92 valence electrons. The minimum atomic E-state index is -0.382. The molecule has 18 heavy (non-hydrogen) atoms.